The summed E-state index contributed by atoms with van der Waals surface area (Å²) in [6.45, 7) is -0.481. The summed E-state index contributed by atoms with van der Waals surface area (Å²) < 4.78 is 6.80. The summed E-state index contributed by atoms with van der Waals surface area (Å²) in [5.41, 5.74) is 0.414. The van der Waals surface area contributed by atoms with Gasteiger partial charge in [0.1, 0.15) is 24.6 Å². The molecule has 0 spiro atoms. The van der Waals surface area contributed by atoms with Crippen molar-refractivity contribution in [2.45, 2.75) is 56.3 Å². The van der Waals surface area contributed by atoms with Crippen LogP contribution in [0.15, 0.2) is 6.33 Å². The fourth-order valence-corrected chi connectivity index (χ4v) is 3.65. The number of aromatic nitrogens is 4. The molecule has 1 saturated heterocycles. The fraction of sp³-hybridized carbons (Fsp3) is 0.667. The van der Waals surface area contributed by atoms with Gasteiger partial charge in [0.2, 0.25) is 11.5 Å². The maximum atomic E-state index is 11.3. The van der Waals surface area contributed by atoms with E-state index in [1.165, 1.54) is 10.9 Å². The van der Waals surface area contributed by atoms with Gasteiger partial charge in [0, 0.05) is 6.04 Å². The lowest BCUT2D eigenvalue weighted by Crippen LogP contribution is -2.33. The molecular formula is C15H20N6O6. The summed E-state index contributed by atoms with van der Waals surface area (Å²) in [5.74, 6) is -0.347. The summed E-state index contributed by atoms with van der Waals surface area (Å²) in [4.78, 5) is 22.7. The average molecular weight is 380 g/mol. The number of nitrogens with one attached hydrogen (secondary N) is 1. The molecule has 3 heterocycles. The Morgan fingerprint density at radius 2 is 2.04 bits per heavy atom. The number of ether oxygens (including phenoxy) is 1. The van der Waals surface area contributed by atoms with Crippen molar-refractivity contribution >= 4 is 22.9 Å². The summed E-state index contributed by atoms with van der Waals surface area (Å²) >= 11 is 0. The van der Waals surface area contributed by atoms with Crippen LogP contribution in [0.25, 0.3) is 11.2 Å². The van der Waals surface area contributed by atoms with Gasteiger partial charge in [-0.2, -0.15) is 0 Å². The fourth-order valence-electron chi connectivity index (χ4n) is 3.65. The number of nitrogens with zero attached hydrogens (tertiary/aromatic N) is 5. The Morgan fingerprint density at radius 3 is 2.67 bits per heavy atom. The Bertz CT molecular complexity index is 853. The van der Waals surface area contributed by atoms with E-state index in [1.54, 1.807) is 0 Å². The molecule has 4 atom stereocenters. The monoisotopic (exact) mass is 380 g/mol. The predicted octanol–water partition coefficient (Wildman–Crippen LogP) is -0.300. The molecule has 4 N–H and O–H groups in total. The maximum absolute atomic E-state index is 11.3. The highest BCUT2D eigenvalue weighted by Crippen LogP contribution is 2.33. The van der Waals surface area contributed by atoms with Crippen LogP contribution in [0.4, 0.5) is 11.8 Å². The van der Waals surface area contributed by atoms with E-state index in [0.29, 0.717) is 5.52 Å². The third-order valence-electron chi connectivity index (χ3n) is 5.06. The van der Waals surface area contributed by atoms with E-state index in [0.717, 1.165) is 25.7 Å². The van der Waals surface area contributed by atoms with E-state index in [4.69, 9.17) is 4.74 Å². The molecule has 12 heteroatoms. The van der Waals surface area contributed by atoms with Gasteiger partial charge in [0.05, 0.1) is 6.61 Å². The van der Waals surface area contributed by atoms with Crippen molar-refractivity contribution in [3.63, 3.8) is 0 Å². The van der Waals surface area contributed by atoms with Gasteiger partial charge in [-0.05, 0) is 27.7 Å². The van der Waals surface area contributed by atoms with Crippen LogP contribution in [-0.2, 0) is 4.74 Å². The van der Waals surface area contributed by atoms with Gasteiger partial charge in [-0.1, -0.05) is 12.8 Å². The first-order valence-corrected chi connectivity index (χ1v) is 8.77. The number of aliphatic hydroxyl groups excluding tert-OH is 3. The van der Waals surface area contributed by atoms with Crippen molar-refractivity contribution in [2.75, 3.05) is 11.9 Å². The number of rotatable bonds is 5. The Hall–Kier alpha value is -2.41. The Kier molecular flexibility index (Phi) is 4.63. The van der Waals surface area contributed by atoms with Gasteiger partial charge in [-0.25, -0.2) is 4.98 Å². The van der Waals surface area contributed by atoms with Crippen LogP contribution in [-0.4, -0.2) is 70.7 Å². The van der Waals surface area contributed by atoms with Gasteiger partial charge >= 0.3 is 5.95 Å². The highest BCUT2D eigenvalue weighted by molar-refractivity contribution is 5.84. The summed E-state index contributed by atoms with van der Waals surface area (Å²) in [6, 6.07) is 0.154. The van der Waals surface area contributed by atoms with E-state index in [2.05, 4.69) is 20.3 Å². The normalized spacial score (nSPS) is 28.9. The molecule has 27 heavy (non-hydrogen) atoms. The quantitative estimate of drug-likeness (QED) is 0.399. The molecule has 4 unspecified atom stereocenters. The first-order valence-electron chi connectivity index (χ1n) is 8.77. The van der Waals surface area contributed by atoms with Crippen LogP contribution < -0.4 is 5.32 Å². The molecule has 12 nitrogen and oxygen atoms in total. The molecule has 2 aromatic rings. The van der Waals surface area contributed by atoms with Gasteiger partial charge in [0.25, 0.3) is 0 Å². The van der Waals surface area contributed by atoms with Crippen molar-refractivity contribution in [2.24, 2.45) is 0 Å². The first-order chi connectivity index (χ1) is 13.0. The second-order valence-electron chi connectivity index (χ2n) is 6.81. The molecule has 2 aliphatic rings. The minimum absolute atomic E-state index is 0.104. The molecule has 1 aliphatic heterocycles. The van der Waals surface area contributed by atoms with Crippen molar-refractivity contribution < 1.29 is 25.0 Å². The molecule has 2 aromatic heterocycles. The number of anilines is 1. The molecule has 0 bridgehead atoms. The zero-order chi connectivity index (χ0) is 19.1. The highest BCUT2D eigenvalue weighted by atomic mass is 16.6. The van der Waals surface area contributed by atoms with E-state index in [1.807, 2.05) is 0 Å². The number of hydrogen-bond donors (Lipinski definition) is 4. The maximum Gasteiger partial charge on any atom is 0.473 e. The molecule has 1 aliphatic carbocycles. The van der Waals surface area contributed by atoms with Crippen molar-refractivity contribution in [3.05, 3.63) is 16.4 Å². The highest BCUT2D eigenvalue weighted by Gasteiger charge is 2.44. The molecule has 146 valence electrons. The predicted molar refractivity (Wildman–Crippen MR) is 90.9 cm³/mol. The lowest BCUT2D eigenvalue weighted by atomic mass is 10.1. The lowest BCUT2D eigenvalue weighted by molar-refractivity contribution is -0.394. The molecule has 1 saturated carbocycles. The number of fused-ring (bicyclic) bond motifs is 1. The topological polar surface area (TPSA) is 169 Å². The Morgan fingerprint density at radius 1 is 1.30 bits per heavy atom. The van der Waals surface area contributed by atoms with E-state index < -0.39 is 42.0 Å². The summed E-state index contributed by atoms with van der Waals surface area (Å²) in [5, 5.41) is 43.9. The van der Waals surface area contributed by atoms with Crippen LogP contribution in [0.2, 0.25) is 0 Å². The van der Waals surface area contributed by atoms with Crippen molar-refractivity contribution in [1.29, 1.82) is 0 Å². The van der Waals surface area contributed by atoms with Gasteiger partial charge in [-0.15, -0.1) is 0 Å². The Labute approximate surface area is 153 Å². The van der Waals surface area contributed by atoms with Crippen molar-refractivity contribution in [3.8, 4) is 0 Å². The largest absolute Gasteiger partial charge is 0.473 e. The minimum Gasteiger partial charge on any atom is -0.394 e. The molecular weight excluding hydrogens is 360 g/mol. The van der Waals surface area contributed by atoms with E-state index in [9.17, 15) is 25.4 Å². The zero-order valence-electron chi connectivity index (χ0n) is 14.3. The summed E-state index contributed by atoms with van der Waals surface area (Å²) in [6.07, 6.45) is 0.638. The Balaban J connectivity index is 1.76. The van der Waals surface area contributed by atoms with Crippen molar-refractivity contribution in [1.82, 2.24) is 19.5 Å². The minimum atomic E-state index is -1.35. The van der Waals surface area contributed by atoms with Crippen LogP contribution in [0.3, 0.4) is 0 Å². The van der Waals surface area contributed by atoms with Gasteiger partial charge in [-0.3, -0.25) is 4.57 Å². The number of hydrogen-bond acceptors (Lipinski definition) is 10. The second kappa shape index (κ2) is 6.96. The molecule has 2 fully saturated rings. The van der Waals surface area contributed by atoms with Crippen LogP contribution in [0.1, 0.15) is 31.9 Å². The van der Waals surface area contributed by atoms with Crippen LogP contribution in [0.5, 0.6) is 0 Å². The first kappa shape index (κ1) is 18.0. The molecule has 0 radical (unpaired) electrons. The van der Waals surface area contributed by atoms with Gasteiger partial charge < -0.3 is 35.5 Å². The third-order valence-corrected chi connectivity index (χ3v) is 5.06. The molecule has 0 aromatic carbocycles. The lowest BCUT2D eigenvalue weighted by Gasteiger charge is -2.15. The SMILES string of the molecule is O=[N+]([O-])c1nc(NC2CCCC2)c2ncn(C3OC(CO)C(O)C3O)c2n1. The number of aliphatic hydroxyl groups is 3. The molecule has 4 rings (SSSR count). The number of imidazole rings is 1. The molecule has 0 amide bonds. The van der Waals surface area contributed by atoms with E-state index >= 15 is 0 Å². The average Bonchev–Trinajstić information content (AvgIpc) is 3.36. The van der Waals surface area contributed by atoms with Crippen LogP contribution >= 0.6 is 0 Å². The zero-order valence-corrected chi connectivity index (χ0v) is 14.3. The standard InChI is InChI=1S/C15H20N6O6/c22-5-8-10(23)11(24)14(27-8)20-6-16-9-12(17-7-3-1-2-4-7)18-15(21(25)26)19-13(9)20/h6-8,10-11,14,22-24H,1-5H2,(H,17,18,19). The number of nitro groups is 1. The smallest absolute Gasteiger partial charge is 0.394 e. The van der Waals surface area contributed by atoms with Crippen LogP contribution in [0, 0.1) is 10.1 Å². The van der Waals surface area contributed by atoms with Gasteiger partial charge in [0.15, 0.2) is 11.7 Å². The third kappa shape index (κ3) is 3.10. The van der Waals surface area contributed by atoms with E-state index in [-0.39, 0.29) is 17.5 Å². The summed E-state index contributed by atoms with van der Waals surface area (Å²) in [7, 11) is 0. The second-order valence-corrected chi connectivity index (χ2v) is 6.81.